The highest BCUT2D eigenvalue weighted by molar-refractivity contribution is 7.22. The standard InChI is InChI=1S/C15H14N4OS/c1-2-16-13-9-5-7-11(17-13)14(20)19-15-18-10-6-3-4-8-12(10)21-15/h3-9H,2H2,1H3,(H,16,17)(H,18,19,20). The molecule has 2 N–H and O–H groups in total. The van der Waals surface area contributed by atoms with Gasteiger partial charge in [-0.3, -0.25) is 10.1 Å². The van der Waals surface area contributed by atoms with Crippen LogP contribution in [0.4, 0.5) is 10.9 Å². The molecule has 0 spiro atoms. The first-order valence-corrected chi connectivity index (χ1v) is 7.46. The predicted molar refractivity (Wildman–Crippen MR) is 86.0 cm³/mol. The number of anilines is 2. The molecule has 2 aromatic heterocycles. The quantitative estimate of drug-likeness (QED) is 0.775. The topological polar surface area (TPSA) is 66.9 Å². The van der Waals surface area contributed by atoms with Gasteiger partial charge in [0.1, 0.15) is 11.5 Å². The number of aromatic nitrogens is 2. The first-order valence-electron chi connectivity index (χ1n) is 6.64. The van der Waals surface area contributed by atoms with Gasteiger partial charge in [-0.25, -0.2) is 9.97 Å². The van der Waals surface area contributed by atoms with Gasteiger partial charge < -0.3 is 5.32 Å². The van der Waals surface area contributed by atoms with Crippen LogP contribution in [0, 0.1) is 0 Å². The molecule has 3 rings (SSSR count). The van der Waals surface area contributed by atoms with E-state index in [-0.39, 0.29) is 5.91 Å². The molecule has 0 aliphatic rings. The Bertz CT molecular complexity index is 751. The molecule has 21 heavy (non-hydrogen) atoms. The van der Waals surface area contributed by atoms with Gasteiger partial charge in [-0.1, -0.05) is 29.5 Å². The lowest BCUT2D eigenvalue weighted by Crippen LogP contribution is -2.14. The number of carbonyl (C=O) groups excluding carboxylic acids is 1. The SMILES string of the molecule is CCNc1cccc(C(=O)Nc2nc3ccccc3s2)n1. The van der Waals surface area contributed by atoms with Gasteiger partial charge in [0.2, 0.25) is 0 Å². The van der Waals surface area contributed by atoms with Crippen LogP contribution in [-0.2, 0) is 0 Å². The third kappa shape index (κ3) is 3.00. The summed E-state index contributed by atoms with van der Waals surface area (Å²) < 4.78 is 1.04. The van der Waals surface area contributed by atoms with Crippen molar-refractivity contribution < 1.29 is 4.79 Å². The van der Waals surface area contributed by atoms with Crippen LogP contribution in [-0.4, -0.2) is 22.4 Å². The number of nitrogens with one attached hydrogen (secondary N) is 2. The fourth-order valence-corrected chi connectivity index (χ4v) is 2.79. The van der Waals surface area contributed by atoms with E-state index >= 15 is 0 Å². The summed E-state index contributed by atoms with van der Waals surface area (Å²) in [7, 11) is 0. The fraction of sp³-hybridized carbons (Fsp3) is 0.133. The number of benzene rings is 1. The van der Waals surface area contributed by atoms with Crippen molar-refractivity contribution in [3.8, 4) is 0 Å². The van der Waals surface area contributed by atoms with Gasteiger partial charge in [0.05, 0.1) is 10.2 Å². The molecule has 0 unspecified atom stereocenters. The van der Waals surface area contributed by atoms with Gasteiger partial charge >= 0.3 is 0 Å². The van der Waals surface area contributed by atoms with Crippen LogP contribution in [0.3, 0.4) is 0 Å². The molecule has 1 aromatic carbocycles. The van der Waals surface area contributed by atoms with E-state index in [4.69, 9.17) is 0 Å². The number of thiazole rings is 1. The number of rotatable bonds is 4. The highest BCUT2D eigenvalue weighted by atomic mass is 32.1. The number of nitrogens with zero attached hydrogens (tertiary/aromatic N) is 2. The van der Waals surface area contributed by atoms with Gasteiger partial charge in [0, 0.05) is 6.54 Å². The Morgan fingerprint density at radius 2 is 2.00 bits per heavy atom. The number of pyridine rings is 1. The predicted octanol–water partition coefficient (Wildman–Crippen LogP) is 3.38. The molecule has 0 bridgehead atoms. The Morgan fingerprint density at radius 1 is 1.14 bits per heavy atom. The van der Waals surface area contributed by atoms with Crippen molar-refractivity contribution >= 4 is 38.4 Å². The molecule has 1 amide bonds. The lowest BCUT2D eigenvalue weighted by Gasteiger charge is -2.04. The van der Waals surface area contributed by atoms with Crippen LogP contribution in [0.25, 0.3) is 10.2 Å². The van der Waals surface area contributed by atoms with Crippen LogP contribution < -0.4 is 10.6 Å². The zero-order chi connectivity index (χ0) is 14.7. The van der Waals surface area contributed by atoms with Crippen LogP contribution in [0.2, 0.25) is 0 Å². The van der Waals surface area contributed by atoms with E-state index in [1.165, 1.54) is 11.3 Å². The van der Waals surface area contributed by atoms with Crippen LogP contribution in [0.5, 0.6) is 0 Å². The molecule has 0 aliphatic heterocycles. The average Bonchev–Trinajstić information content (AvgIpc) is 2.90. The van der Waals surface area contributed by atoms with E-state index in [1.54, 1.807) is 12.1 Å². The van der Waals surface area contributed by atoms with E-state index in [0.29, 0.717) is 16.6 Å². The third-order valence-electron chi connectivity index (χ3n) is 2.85. The lowest BCUT2D eigenvalue weighted by molar-refractivity contribution is 0.102. The Morgan fingerprint density at radius 3 is 2.81 bits per heavy atom. The summed E-state index contributed by atoms with van der Waals surface area (Å²) in [6.45, 7) is 2.74. The average molecular weight is 298 g/mol. The highest BCUT2D eigenvalue weighted by Crippen LogP contribution is 2.25. The maximum atomic E-state index is 12.2. The zero-order valence-corrected chi connectivity index (χ0v) is 12.3. The number of hydrogen-bond donors (Lipinski definition) is 2. The summed E-state index contributed by atoms with van der Waals surface area (Å²) in [6.07, 6.45) is 0. The molecule has 3 aromatic rings. The van der Waals surface area contributed by atoms with Crippen molar-refractivity contribution in [2.45, 2.75) is 6.92 Å². The molecule has 5 nitrogen and oxygen atoms in total. The second-order valence-corrected chi connectivity index (χ2v) is 5.41. The third-order valence-corrected chi connectivity index (χ3v) is 3.81. The number of fused-ring (bicyclic) bond motifs is 1. The molecular formula is C15H14N4OS. The molecule has 0 radical (unpaired) electrons. The van der Waals surface area contributed by atoms with Crippen molar-refractivity contribution in [3.05, 3.63) is 48.2 Å². The first kappa shape index (κ1) is 13.5. The maximum Gasteiger partial charge on any atom is 0.276 e. The van der Waals surface area contributed by atoms with Gasteiger partial charge in [-0.05, 0) is 31.2 Å². The summed E-state index contributed by atoms with van der Waals surface area (Å²) in [4.78, 5) is 20.9. The van der Waals surface area contributed by atoms with Crippen molar-refractivity contribution in [2.24, 2.45) is 0 Å². The molecule has 2 heterocycles. The second kappa shape index (κ2) is 5.88. The normalized spacial score (nSPS) is 10.5. The van der Waals surface area contributed by atoms with Crippen molar-refractivity contribution in [1.29, 1.82) is 0 Å². The van der Waals surface area contributed by atoms with E-state index in [0.717, 1.165) is 16.8 Å². The molecule has 0 aliphatic carbocycles. The molecule has 0 atom stereocenters. The van der Waals surface area contributed by atoms with Gasteiger partial charge in [0.15, 0.2) is 5.13 Å². The fourth-order valence-electron chi connectivity index (χ4n) is 1.93. The Kier molecular flexibility index (Phi) is 3.79. The summed E-state index contributed by atoms with van der Waals surface area (Å²) in [5.41, 5.74) is 1.25. The monoisotopic (exact) mass is 298 g/mol. The van der Waals surface area contributed by atoms with Crippen molar-refractivity contribution in [1.82, 2.24) is 9.97 Å². The molecule has 0 fully saturated rings. The molecule has 0 saturated carbocycles. The number of carbonyl (C=O) groups is 1. The minimum absolute atomic E-state index is 0.256. The minimum atomic E-state index is -0.256. The molecule has 106 valence electrons. The van der Waals surface area contributed by atoms with Crippen molar-refractivity contribution in [3.63, 3.8) is 0 Å². The lowest BCUT2D eigenvalue weighted by atomic mass is 10.3. The largest absolute Gasteiger partial charge is 0.370 e. The Balaban J connectivity index is 1.80. The van der Waals surface area contributed by atoms with Crippen LogP contribution in [0.15, 0.2) is 42.5 Å². The number of hydrogen-bond acceptors (Lipinski definition) is 5. The Hall–Kier alpha value is -2.47. The number of amides is 1. The number of para-hydroxylation sites is 1. The molecular weight excluding hydrogens is 284 g/mol. The zero-order valence-electron chi connectivity index (χ0n) is 11.5. The van der Waals surface area contributed by atoms with Crippen LogP contribution >= 0.6 is 11.3 Å². The van der Waals surface area contributed by atoms with E-state index in [1.807, 2.05) is 37.3 Å². The minimum Gasteiger partial charge on any atom is -0.370 e. The van der Waals surface area contributed by atoms with Gasteiger partial charge in [0.25, 0.3) is 5.91 Å². The maximum absolute atomic E-state index is 12.2. The van der Waals surface area contributed by atoms with E-state index < -0.39 is 0 Å². The molecule has 0 saturated heterocycles. The van der Waals surface area contributed by atoms with Crippen molar-refractivity contribution in [2.75, 3.05) is 17.2 Å². The Labute approximate surface area is 126 Å². The van der Waals surface area contributed by atoms with E-state index in [2.05, 4.69) is 20.6 Å². The first-order chi connectivity index (χ1) is 10.3. The molecule has 6 heteroatoms. The summed E-state index contributed by atoms with van der Waals surface area (Å²) >= 11 is 1.45. The summed E-state index contributed by atoms with van der Waals surface area (Å²) in [6, 6.07) is 13.1. The smallest absolute Gasteiger partial charge is 0.276 e. The summed E-state index contributed by atoms with van der Waals surface area (Å²) in [5, 5.41) is 6.46. The van der Waals surface area contributed by atoms with Crippen LogP contribution in [0.1, 0.15) is 17.4 Å². The van der Waals surface area contributed by atoms with Gasteiger partial charge in [-0.2, -0.15) is 0 Å². The van der Waals surface area contributed by atoms with Gasteiger partial charge in [-0.15, -0.1) is 0 Å². The summed E-state index contributed by atoms with van der Waals surface area (Å²) in [5.74, 6) is 0.434. The highest BCUT2D eigenvalue weighted by Gasteiger charge is 2.11. The second-order valence-electron chi connectivity index (χ2n) is 4.38. The van der Waals surface area contributed by atoms with E-state index in [9.17, 15) is 4.79 Å².